The molecule has 1 aromatic carbocycles. The molecule has 1 heterocycles. The quantitative estimate of drug-likeness (QED) is 0.767. The van der Waals surface area contributed by atoms with Crippen molar-refractivity contribution in [3.8, 4) is 0 Å². The van der Waals surface area contributed by atoms with Gasteiger partial charge < -0.3 is 15.7 Å². The molecule has 2 atom stereocenters. The van der Waals surface area contributed by atoms with Gasteiger partial charge in [-0.2, -0.15) is 0 Å². The molecule has 0 saturated carbocycles. The molecule has 2 rings (SSSR count). The number of aliphatic hydroxyl groups is 1. The molecule has 2 unspecified atom stereocenters. The van der Waals surface area contributed by atoms with Crippen LogP contribution in [0.5, 0.6) is 0 Å². The molecule has 0 saturated heterocycles. The van der Waals surface area contributed by atoms with E-state index in [4.69, 9.17) is 0 Å². The smallest absolute Gasteiger partial charge is 0.315 e. The average Bonchev–Trinajstić information content (AvgIpc) is 2.90. The number of carbonyl (C=O) groups excluding carboxylic acids is 1. The number of hydrogen-bond acceptors (Lipinski definition) is 3. The average molecular weight is 318 g/mol. The Labute approximate surface area is 135 Å². The molecule has 118 valence electrons. The Kier molecular flexibility index (Phi) is 5.98. The predicted octanol–water partition coefficient (Wildman–Crippen LogP) is 3.02. The van der Waals surface area contributed by atoms with Crippen LogP contribution < -0.4 is 10.6 Å². The Hall–Kier alpha value is -1.85. The molecular formula is C17H22N2O2S. The largest absolute Gasteiger partial charge is 0.394 e. The molecule has 2 aromatic rings. The summed E-state index contributed by atoms with van der Waals surface area (Å²) in [4.78, 5) is 14.6. The molecule has 0 aliphatic rings. The van der Waals surface area contributed by atoms with Gasteiger partial charge in [0, 0.05) is 22.2 Å². The van der Waals surface area contributed by atoms with E-state index in [-0.39, 0.29) is 18.7 Å². The van der Waals surface area contributed by atoms with E-state index in [9.17, 15) is 9.90 Å². The number of rotatable bonds is 6. The number of thiophene rings is 1. The first kappa shape index (κ1) is 16.5. The van der Waals surface area contributed by atoms with E-state index < -0.39 is 6.04 Å². The van der Waals surface area contributed by atoms with Crippen LogP contribution in [0.25, 0.3) is 0 Å². The van der Waals surface area contributed by atoms with Crippen LogP contribution in [-0.2, 0) is 6.42 Å². The van der Waals surface area contributed by atoms with Crippen LogP contribution >= 0.6 is 11.3 Å². The third-order valence-corrected chi connectivity index (χ3v) is 4.39. The molecule has 0 aliphatic heterocycles. The normalized spacial score (nSPS) is 13.4. The Bertz CT molecular complexity index is 598. The van der Waals surface area contributed by atoms with Crippen molar-refractivity contribution in [1.29, 1.82) is 0 Å². The number of carbonyl (C=O) groups is 1. The van der Waals surface area contributed by atoms with E-state index in [1.807, 2.05) is 37.3 Å². The van der Waals surface area contributed by atoms with Crippen molar-refractivity contribution in [2.75, 3.05) is 6.61 Å². The predicted molar refractivity (Wildman–Crippen MR) is 90.2 cm³/mol. The maximum Gasteiger partial charge on any atom is 0.315 e. The van der Waals surface area contributed by atoms with Gasteiger partial charge in [0.25, 0.3) is 0 Å². The monoisotopic (exact) mass is 318 g/mol. The first-order valence-corrected chi connectivity index (χ1v) is 8.18. The van der Waals surface area contributed by atoms with Gasteiger partial charge in [0.05, 0.1) is 12.6 Å². The van der Waals surface area contributed by atoms with Gasteiger partial charge in [0.2, 0.25) is 0 Å². The minimum atomic E-state index is -0.391. The second kappa shape index (κ2) is 7.96. The van der Waals surface area contributed by atoms with E-state index in [0.29, 0.717) is 0 Å². The zero-order valence-electron chi connectivity index (χ0n) is 12.9. The van der Waals surface area contributed by atoms with Gasteiger partial charge in [0.1, 0.15) is 0 Å². The summed E-state index contributed by atoms with van der Waals surface area (Å²) >= 11 is 1.75. The molecular weight excluding hydrogens is 296 g/mol. The summed E-state index contributed by atoms with van der Waals surface area (Å²) in [6.45, 7) is 3.92. The van der Waals surface area contributed by atoms with Crippen LogP contribution in [0.1, 0.15) is 28.3 Å². The third-order valence-electron chi connectivity index (χ3n) is 3.37. The summed E-state index contributed by atoms with van der Waals surface area (Å²) in [6.07, 6.45) is 0.807. The van der Waals surface area contributed by atoms with Crippen molar-refractivity contribution in [1.82, 2.24) is 10.6 Å². The zero-order valence-corrected chi connectivity index (χ0v) is 13.7. The van der Waals surface area contributed by atoms with Gasteiger partial charge in [-0.25, -0.2) is 4.79 Å². The van der Waals surface area contributed by atoms with Crippen LogP contribution in [0, 0.1) is 6.92 Å². The fourth-order valence-corrected chi connectivity index (χ4v) is 3.31. The van der Waals surface area contributed by atoms with Crippen molar-refractivity contribution in [3.63, 3.8) is 0 Å². The number of benzene rings is 1. The third kappa shape index (κ3) is 4.86. The number of nitrogens with one attached hydrogen (secondary N) is 2. The minimum absolute atomic E-state index is 0.0353. The fourth-order valence-electron chi connectivity index (χ4n) is 2.29. The molecule has 5 heteroatoms. The maximum absolute atomic E-state index is 12.1. The van der Waals surface area contributed by atoms with Gasteiger partial charge >= 0.3 is 6.03 Å². The number of aliphatic hydroxyl groups excluding tert-OH is 1. The molecule has 22 heavy (non-hydrogen) atoms. The van der Waals surface area contributed by atoms with Crippen molar-refractivity contribution in [2.45, 2.75) is 32.4 Å². The Morgan fingerprint density at radius 3 is 2.50 bits per heavy atom. The number of hydrogen-bond donors (Lipinski definition) is 3. The lowest BCUT2D eigenvalue weighted by atomic mass is 10.1. The zero-order chi connectivity index (χ0) is 15.9. The summed E-state index contributed by atoms with van der Waals surface area (Å²) < 4.78 is 0. The summed E-state index contributed by atoms with van der Waals surface area (Å²) in [5, 5.41) is 15.2. The topological polar surface area (TPSA) is 61.4 Å². The Balaban J connectivity index is 1.86. The molecule has 0 radical (unpaired) electrons. The number of aryl methyl sites for hydroxylation is 1. The Morgan fingerprint density at radius 2 is 1.91 bits per heavy atom. The molecule has 0 aliphatic carbocycles. The van der Waals surface area contributed by atoms with E-state index in [0.717, 1.165) is 12.0 Å². The lowest BCUT2D eigenvalue weighted by molar-refractivity contribution is 0.214. The van der Waals surface area contributed by atoms with Gasteiger partial charge in [-0.1, -0.05) is 30.3 Å². The second-order valence-corrected chi connectivity index (χ2v) is 6.75. The van der Waals surface area contributed by atoms with E-state index >= 15 is 0 Å². The van der Waals surface area contributed by atoms with Crippen LogP contribution in [0.3, 0.4) is 0 Å². The molecule has 1 aromatic heterocycles. The standard InChI is InChI=1S/C17H22N2O2S/c1-12(10-15-9-8-13(2)22-15)18-17(21)19-16(11-20)14-6-4-3-5-7-14/h3-9,12,16,20H,10-11H2,1-2H3,(H2,18,19,21). The lowest BCUT2D eigenvalue weighted by Gasteiger charge is -2.19. The molecule has 3 N–H and O–H groups in total. The lowest BCUT2D eigenvalue weighted by Crippen LogP contribution is -2.43. The first-order chi connectivity index (χ1) is 10.6. The van der Waals surface area contributed by atoms with Crippen molar-refractivity contribution < 1.29 is 9.90 Å². The highest BCUT2D eigenvalue weighted by molar-refractivity contribution is 7.11. The second-order valence-electron chi connectivity index (χ2n) is 5.38. The molecule has 0 fully saturated rings. The van der Waals surface area contributed by atoms with Crippen LogP contribution in [0.15, 0.2) is 42.5 Å². The van der Waals surface area contributed by atoms with E-state index in [2.05, 4.69) is 29.7 Å². The van der Waals surface area contributed by atoms with Crippen molar-refractivity contribution >= 4 is 17.4 Å². The number of amides is 2. The minimum Gasteiger partial charge on any atom is -0.394 e. The van der Waals surface area contributed by atoms with Crippen molar-refractivity contribution in [3.05, 3.63) is 57.8 Å². The molecule has 2 amide bonds. The van der Waals surface area contributed by atoms with Crippen LogP contribution in [0.4, 0.5) is 4.79 Å². The van der Waals surface area contributed by atoms with Gasteiger partial charge in [-0.15, -0.1) is 11.3 Å². The van der Waals surface area contributed by atoms with Crippen LogP contribution in [-0.4, -0.2) is 23.8 Å². The summed E-state index contributed by atoms with van der Waals surface area (Å²) in [5.74, 6) is 0. The first-order valence-electron chi connectivity index (χ1n) is 7.36. The van der Waals surface area contributed by atoms with Gasteiger partial charge in [0.15, 0.2) is 0 Å². The highest BCUT2D eigenvalue weighted by Gasteiger charge is 2.15. The van der Waals surface area contributed by atoms with Gasteiger partial charge in [-0.05, 0) is 31.5 Å². The molecule has 4 nitrogen and oxygen atoms in total. The highest BCUT2D eigenvalue weighted by Crippen LogP contribution is 2.17. The summed E-state index contributed by atoms with van der Waals surface area (Å²) in [5.41, 5.74) is 0.890. The van der Waals surface area contributed by atoms with Gasteiger partial charge in [-0.3, -0.25) is 0 Å². The summed E-state index contributed by atoms with van der Waals surface area (Å²) in [7, 11) is 0. The van der Waals surface area contributed by atoms with Crippen LogP contribution in [0.2, 0.25) is 0 Å². The van der Waals surface area contributed by atoms with E-state index in [1.165, 1.54) is 9.75 Å². The fraction of sp³-hybridized carbons (Fsp3) is 0.353. The van der Waals surface area contributed by atoms with E-state index in [1.54, 1.807) is 11.3 Å². The summed E-state index contributed by atoms with van der Waals surface area (Å²) in [6, 6.07) is 13.0. The highest BCUT2D eigenvalue weighted by atomic mass is 32.1. The van der Waals surface area contributed by atoms with Crippen molar-refractivity contribution in [2.24, 2.45) is 0 Å². The maximum atomic E-state index is 12.1. The number of urea groups is 1. The molecule has 0 bridgehead atoms. The Morgan fingerprint density at radius 1 is 1.18 bits per heavy atom. The molecule has 0 spiro atoms. The SMILES string of the molecule is Cc1ccc(CC(C)NC(=O)NC(CO)c2ccccc2)s1.